The van der Waals surface area contributed by atoms with Gasteiger partial charge in [-0.15, -0.1) is 0 Å². The Balaban J connectivity index is 2.25. The molecule has 0 saturated carbocycles. The molecule has 3 N–H and O–H groups in total. The number of primary amides is 1. The second kappa shape index (κ2) is 4.74. The Bertz CT molecular complexity index is 573. The molecular formula is C14H17N3O. The monoisotopic (exact) mass is 243 g/mol. The molecule has 0 unspecified atom stereocenters. The quantitative estimate of drug-likeness (QED) is 0.856. The molecule has 4 heteroatoms. The first kappa shape index (κ1) is 12.5. The molecule has 0 aliphatic carbocycles. The maximum Gasteiger partial charge on any atom is 0.237 e. The Morgan fingerprint density at radius 3 is 2.78 bits per heavy atom. The summed E-state index contributed by atoms with van der Waals surface area (Å²) < 4.78 is 0. The molecule has 2 rings (SSSR count). The second-order valence-corrected chi connectivity index (χ2v) is 4.83. The highest BCUT2D eigenvalue weighted by Gasteiger charge is 2.23. The number of pyridine rings is 1. The number of carbonyl (C=O) groups is 1. The molecular weight excluding hydrogens is 226 g/mol. The van der Waals surface area contributed by atoms with Gasteiger partial charge in [0.1, 0.15) is 0 Å². The lowest BCUT2D eigenvalue weighted by Crippen LogP contribution is -2.50. The van der Waals surface area contributed by atoms with Gasteiger partial charge < -0.3 is 5.73 Å². The molecule has 94 valence electrons. The maximum atomic E-state index is 11.3. The molecule has 2 aromatic rings. The molecule has 0 radical (unpaired) electrons. The summed E-state index contributed by atoms with van der Waals surface area (Å²) in [6.07, 6.45) is 1.77. The third-order valence-corrected chi connectivity index (χ3v) is 3.08. The molecule has 1 amide bonds. The van der Waals surface area contributed by atoms with E-state index in [1.54, 1.807) is 20.0 Å². The fourth-order valence-corrected chi connectivity index (χ4v) is 1.71. The van der Waals surface area contributed by atoms with Crippen LogP contribution in [0.1, 0.15) is 19.4 Å². The molecule has 0 bridgehead atoms. The van der Waals surface area contributed by atoms with Crippen molar-refractivity contribution in [3.05, 3.63) is 42.1 Å². The molecule has 0 spiro atoms. The largest absolute Gasteiger partial charge is 0.368 e. The first-order valence-corrected chi connectivity index (χ1v) is 5.88. The fraction of sp³-hybridized carbons (Fsp3) is 0.286. The van der Waals surface area contributed by atoms with Crippen molar-refractivity contribution in [3.63, 3.8) is 0 Å². The van der Waals surface area contributed by atoms with E-state index in [0.717, 1.165) is 16.5 Å². The maximum absolute atomic E-state index is 11.3. The molecule has 0 fully saturated rings. The summed E-state index contributed by atoms with van der Waals surface area (Å²) >= 11 is 0. The number of nitrogens with one attached hydrogen (secondary N) is 1. The molecule has 1 aromatic heterocycles. The van der Waals surface area contributed by atoms with E-state index in [9.17, 15) is 4.79 Å². The summed E-state index contributed by atoms with van der Waals surface area (Å²) in [4.78, 5) is 15.6. The van der Waals surface area contributed by atoms with Crippen molar-refractivity contribution in [2.24, 2.45) is 5.73 Å². The van der Waals surface area contributed by atoms with Gasteiger partial charge in [0.25, 0.3) is 0 Å². The van der Waals surface area contributed by atoms with Gasteiger partial charge in [-0.05, 0) is 31.5 Å². The van der Waals surface area contributed by atoms with Crippen LogP contribution in [0.2, 0.25) is 0 Å². The average molecular weight is 243 g/mol. The van der Waals surface area contributed by atoms with Crippen LogP contribution in [0.4, 0.5) is 0 Å². The van der Waals surface area contributed by atoms with Crippen molar-refractivity contribution in [2.45, 2.75) is 25.9 Å². The molecule has 0 atom stereocenters. The van der Waals surface area contributed by atoms with Gasteiger partial charge in [-0.2, -0.15) is 0 Å². The number of hydrogen-bond donors (Lipinski definition) is 2. The highest BCUT2D eigenvalue weighted by Crippen LogP contribution is 2.16. The van der Waals surface area contributed by atoms with Gasteiger partial charge in [0.2, 0.25) is 5.91 Å². The van der Waals surface area contributed by atoms with Crippen LogP contribution in [-0.2, 0) is 11.3 Å². The van der Waals surface area contributed by atoms with Gasteiger partial charge in [-0.25, -0.2) is 0 Å². The van der Waals surface area contributed by atoms with Crippen molar-refractivity contribution >= 4 is 16.8 Å². The second-order valence-electron chi connectivity index (χ2n) is 4.83. The molecule has 18 heavy (non-hydrogen) atoms. The Morgan fingerprint density at radius 1 is 1.33 bits per heavy atom. The molecule has 0 saturated heterocycles. The van der Waals surface area contributed by atoms with E-state index < -0.39 is 5.54 Å². The minimum Gasteiger partial charge on any atom is -0.368 e. The Labute approximate surface area is 106 Å². The summed E-state index contributed by atoms with van der Waals surface area (Å²) in [6, 6.07) is 9.88. The van der Waals surface area contributed by atoms with Gasteiger partial charge in [0, 0.05) is 18.1 Å². The Morgan fingerprint density at radius 2 is 2.06 bits per heavy atom. The van der Waals surface area contributed by atoms with Crippen LogP contribution in [0, 0.1) is 0 Å². The molecule has 0 aliphatic heterocycles. The van der Waals surface area contributed by atoms with Crippen LogP contribution < -0.4 is 11.1 Å². The van der Waals surface area contributed by atoms with Gasteiger partial charge in [-0.3, -0.25) is 15.1 Å². The number of nitrogens with zero attached hydrogens (tertiary/aromatic N) is 1. The summed E-state index contributed by atoms with van der Waals surface area (Å²) in [5, 5.41) is 4.26. The van der Waals surface area contributed by atoms with Gasteiger partial charge in [-0.1, -0.05) is 18.2 Å². The fourth-order valence-electron chi connectivity index (χ4n) is 1.71. The number of rotatable bonds is 4. The molecule has 4 nitrogen and oxygen atoms in total. The van der Waals surface area contributed by atoms with Crippen LogP contribution in [0.5, 0.6) is 0 Å². The Kier molecular flexibility index (Phi) is 3.30. The normalized spacial score (nSPS) is 11.7. The van der Waals surface area contributed by atoms with E-state index in [2.05, 4.69) is 10.3 Å². The van der Waals surface area contributed by atoms with E-state index in [-0.39, 0.29) is 5.91 Å². The zero-order valence-corrected chi connectivity index (χ0v) is 10.6. The van der Waals surface area contributed by atoms with Crippen molar-refractivity contribution < 1.29 is 4.79 Å². The van der Waals surface area contributed by atoms with Crippen molar-refractivity contribution in [2.75, 3.05) is 0 Å². The van der Waals surface area contributed by atoms with Gasteiger partial charge >= 0.3 is 0 Å². The number of carbonyl (C=O) groups excluding carboxylic acids is 1. The predicted molar refractivity (Wildman–Crippen MR) is 71.9 cm³/mol. The van der Waals surface area contributed by atoms with Crippen molar-refractivity contribution in [1.29, 1.82) is 0 Å². The van der Waals surface area contributed by atoms with Gasteiger partial charge in [0.15, 0.2) is 0 Å². The summed E-state index contributed by atoms with van der Waals surface area (Å²) in [5.74, 6) is -0.360. The zero-order valence-electron chi connectivity index (χ0n) is 10.6. The third kappa shape index (κ3) is 2.49. The van der Waals surface area contributed by atoms with Gasteiger partial charge in [0.05, 0.1) is 11.1 Å². The van der Waals surface area contributed by atoms with E-state index in [4.69, 9.17) is 5.73 Å². The topological polar surface area (TPSA) is 68.0 Å². The first-order chi connectivity index (χ1) is 8.50. The highest BCUT2D eigenvalue weighted by atomic mass is 16.1. The number of benzene rings is 1. The highest BCUT2D eigenvalue weighted by molar-refractivity contribution is 5.84. The average Bonchev–Trinajstić information content (AvgIpc) is 2.36. The number of hydrogen-bond acceptors (Lipinski definition) is 3. The van der Waals surface area contributed by atoms with Crippen LogP contribution in [-0.4, -0.2) is 16.4 Å². The lowest BCUT2D eigenvalue weighted by atomic mass is 10.0. The lowest BCUT2D eigenvalue weighted by molar-refractivity contribution is -0.123. The van der Waals surface area contributed by atoms with E-state index in [1.165, 1.54) is 0 Å². The number of fused-ring (bicyclic) bond motifs is 1. The van der Waals surface area contributed by atoms with Crippen LogP contribution >= 0.6 is 0 Å². The molecule has 1 heterocycles. The number of nitrogens with two attached hydrogens (primary N) is 1. The lowest BCUT2D eigenvalue weighted by Gasteiger charge is -2.22. The number of amides is 1. The minimum absolute atomic E-state index is 0.360. The third-order valence-electron chi connectivity index (χ3n) is 3.08. The predicted octanol–water partition coefficient (Wildman–Crippen LogP) is 1.59. The van der Waals surface area contributed by atoms with E-state index >= 15 is 0 Å². The van der Waals surface area contributed by atoms with Crippen LogP contribution in [0.25, 0.3) is 10.9 Å². The first-order valence-electron chi connectivity index (χ1n) is 5.88. The molecule has 0 aliphatic rings. The number of para-hydroxylation sites is 1. The summed E-state index contributed by atoms with van der Waals surface area (Å²) in [5.41, 5.74) is 6.67. The SMILES string of the molecule is CC(C)(NCc1ccnc2ccccc12)C(N)=O. The van der Waals surface area contributed by atoms with Crippen molar-refractivity contribution in [1.82, 2.24) is 10.3 Å². The molecule has 1 aromatic carbocycles. The zero-order chi connectivity index (χ0) is 13.2. The standard InChI is InChI=1S/C14H17N3O/c1-14(2,13(15)18)17-9-10-7-8-16-12-6-4-3-5-11(10)12/h3-8,17H,9H2,1-2H3,(H2,15,18). The summed E-state index contributed by atoms with van der Waals surface area (Å²) in [7, 11) is 0. The van der Waals surface area contributed by atoms with Crippen molar-refractivity contribution in [3.8, 4) is 0 Å². The number of aromatic nitrogens is 1. The van der Waals surface area contributed by atoms with E-state index in [1.807, 2.05) is 30.3 Å². The van der Waals surface area contributed by atoms with E-state index in [0.29, 0.717) is 6.54 Å². The summed E-state index contributed by atoms with van der Waals surface area (Å²) in [6.45, 7) is 4.14. The van der Waals surface area contributed by atoms with Crippen LogP contribution in [0.3, 0.4) is 0 Å². The smallest absolute Gasteiger partial charge is 0.237 e. The Hall–Kier alpha value is -1.94. The van der Waals surface area contributed by atoms with Crippen LogP contribution in [0.15, 0.2) is 36.5 Å². The minimum atomic E-state index is -0.718.